The highest BCUT2D eigenvalue weighted by molar-refractivity contribution is 6.33. The van der Waals surface area contributed by atoms with Crippen molar-refractivity contribution in [2.45, 2.75) is 13.3 Å². The first kappa shape index (κ1) is 21.1. The Balaban J connectivity index is 1.79. The van der Waals surface area contributed by atoms with Gasteiger partial charge in [0, 0.05) is 18.5 Å². The second-order valence-corrected chi connectivity index (χ2v) is 6.65. The lowest BCUT2D eigenvalue weighted by molar-refractivity contribution is -0.142. The predicted molar refractivity (Wildman–Crippen MR) is 115 cm³/mol. The molecule has 0 spiro atoms. The molecule has 0 saturated carbocycles. The van der Waals surface area contributed by atoms with E-state index in [-0.39, 0.29) is 18.0 Å². The molecule has 0 radical (unpaired) electrons. The molecule has 0 aliphatic rings. The van der Waals surface area contributed by atoms with Crippen molar-refractivity contribution in [3.05, 3.63) is 71.0 Å². The number of para-hydroxylation sites is 1. The highest BCUT2D eigenvalue weighted by Gasteiger charge is 2.12. The van der Waals surface area contributed by atoms with E-state index in [1.807, 2.05) is 6.07 Å². The highest BCUT2D eigenvalue weighted by Crippen LogP contribution is 2.28. The first-order valence-electron chi connectivity index (χ1n) is 9.15. The van der Waals surface area contributed by atoms with E-state index in [4.69, 9.17) is 22.1 Å². The molecular weight excluding hydrogens is 406 g/mol. The number of carbonyl (C=O) groups is 2. The summed E-state index contributed by atoms with van der Waals surface area (Å²) in [5.74, 6) is 0.0369. The summed E-state index contributed by atoms with van der Waals surface area (Å²) in [6.07, 6.45) is 3.11. The van der Waals surface area contributed by atoms with Crippen LogP contribution in [0.25, 0.3) is 0 Å². The van der Waals surface area contributed by atoms with E-state index in [1.165, 1.54) is 6.20 Å². The molecule has 1 amide bonds. The molecule has 0 atom stereocenters. The van der Waals surface area contributed by atoms with Gasteiger partial charge in [-0.3, -0.25) is 9.59 Å². The Morgan fingerprint density at radius 2 is 1.80 bits per heavy atom. The number of ether oxygens (including phenoxy) is 1. The van der Waals surface area contributed by atoms with Crippen LogP contribution in [0.3, 0.4) is 0 Å². The van der Waals surface area contributed by atoms with E-state index in [9.17, 15) is 9.59 Å². The van der Waals surface area contributed by atoms with Crippen LogP contribution in [0, 0.1) is 0 Å². The summed E-state index contributed by atoms with van der Waals surface area (Å²) in [4.78, 5) is 31.8. The van der Waals surface area contributed by atoms with Crippen molar-refractivity contribution in [1.29, 1.82) is 0 Å². The quantitative estimate of drug-likeness (QED) is 0.469. The summed E-state index contributed by atoms with van der Waals surface area (Å²) in [7, 11) is 0. The molecule has 30 heavy (non-hydrogen) atoms. The van der Waals surface area contributed by atoms with E-state index >= 15 is 0 Å². The largest absolute Gasteiger partial charge is 0.466 e. The molecule has 0 fully saturated rings. The molecule has 154 valence electrons. The standard InChI is InChI=1S/C21H20ClN5O3/c1-2-30-20(28)9-13-7-8-18(24-11-13)27-19-10-17(14(12-25-19)21(23)29)26-16-6-4-3-5-15(16)22/h3-8,10-12H,2,9H2,1H3,(H2,23,29)(H2,24,25,26,27). The lowest BCUT2D eigenvalue weighted by Crippen LogP contribution is -2.14. The summed E-state index contributed by atoms with van der Waals surface area (Å²) < 4.78 is 4.93. The Morgan fingerprint density at radius 3 is 2.47 bits per heavy atom. The first-order valence-corrected chi connectivity index (χ1v) is 9.53. The van der Waals surface area contributed by atoms with Crippen molar-refractivity contribution < 1.29 is 14.3 Å². The maximum atomic E-state index is 11.8. The van der Waals surface area contributed by atoms with Gasteiger partial charge in [0.2, 0.25) is 0 Å². The molecule has 4 N–H and O–H groups in total. The Kier molecular flexibility index (Phi) is 6.82. The van der Waals surface area contributed by atoms with E-state index < -0.39 is 5.91 Å². The maximum absolute atomic E-state index is 11.8. The topological polar surface area (TPSA) is 119 Å². The number of amides is 1. The molecule has 0 saturated heterocycles. The van der Waals surface area contributed by atoms with Gasteiger partial charge in [-0.25, -0.2) is 9.97 Å². The zero-order chi connectivity index (χ0) is 21.5. The number of halogens is 1. The summed E-state index contributed by atoms with van der Waals surface area (Å²) in [5.41, 5.74) is 7.49. The summed E-state index contributed by atoms with van der Waals surface area (Å²) in [5, 5.41) is 6.66. The number of nitrogens with one attached hydrogen (secondary N) is 2. The van der Waals surface area contributed by atoms with Gasteiger partial charge in [-0.05, 0) is 30.7 Å². The molecule has 0 aliphatic heterocycles. The number of pyridine rings is 2. The third kappa shape index (κ3) is 5.45. The number of carbonyl (C=O) groups excluding carboxylic acids is 2. The van der Waals surface area contributed by atoms with Gasteiger partial charge < -0.3 is 21.1 Å². The van der Waals surface area contributed by atoms with E-state index in [2.05, 4.69) is 20.6 Å². The van der Waals surface area contributed by atoms with Crippen LogP contribution >= 0.6 is 11.6 Å². The number of esters is 1. The Bertz CT molecular complexity index is 1060. The second-order valence-electron chi connectivity index (χ2n) is 6.24. The maximum Gasteiger partial charge on any atom is 0.310 e. The number of hydrogen-bond donors (Lipinski definition) is 3. The summed E-state index contributed by atoms with van der Waals surface area (Å²) in [6, 6.07) is 12.3. The van der Waals surface area contributed by atoms with Gasteiger partial charge in [-0.2, -0.15) is 0 Å². The average Bonchev–Trinajstić information content (AvgIpc) is 2.71. The molecule has 2 heterocycles. The third-order valence-corrected chi connectivity index (χ3v) is 4.38. The molecule has 1 aromatic carbocycles. The van der Waals surface area contributed by atoms with Gasteiger partial charge in [0.05, 0.1) is 35.0 Å². The van der Waals surface area contributed by atoms with Crippen LogP contribution in [0.15, 0.2) is 54.9 Å². The van der Waals surface area contributed by atoms with Crippen LogP contribution in [-0.4, -0.2) is 28.5 Å². The van der Waals surface area contributed by atoms with E-state index in [1.54, 1.807) is 49.5 Å². The first-order chi connectivity index (χ1) is 14.5. The van der Waals surface area contributed by atoms with Gasteiger partial charge in [0.25, 0.3) is 5.91 Å². The van der Waals surface area contributed by atoms with Crippen LogP contribution in [-0.2, 0) is 16.0 Å². The lowest BCUT2D eigenvalue weighted by atomic mass is 10.2. The molecule has 9 heteroatoms. The fraction of sp³-hybridized carbons (Fsp3) is 0.143. The van der Waals surface area contributed by atoms with Crippen molar-refractivity contribution >= 4 is 46.5 Å². The number of anilines is 4. The molecule has 0 bridgehead atoms. The number of primary amides is 1. The second kappa shape index (κ2) is 9.71. The van der Waals surface area contributed by atoms with Gasteiger partial charge in [-0.15, -0.1) is 0 Å². The summed E-state index contributed by atoms with van der Waals surface area (Å²) >= 11 is 6.19. The summed E-state index contributed by atoms with van der Waals surface area (Å²) in [6.45, 7) is 2.10. The Labute approximate surface area is 178 Å². The minimum absolute atomic E-state index is 0.151. The Hall–Kier alpha value is -3.65. The zero-order valence-corrected chi connectivity index (χ0v) is 16.9. The van der Waals surface area contributed by atoms with Crippen molar-refractivity contribution in [1.82, 2.24) is 9.97 Å². The van der Waals surface area contributed by atoms with Gasteiger partial charge in [0.1, 0.15) is 11.6 Å². The van der Waals surface area contributed by atoms with Crippen LogP contribution < -0.4 is 16.4 Å². The molecule has 0 aliphatic carbocycles. The monoisotopic (exact) mass is 425 g/mol. The molecular formula is C21H20ClN5O3. The molecule has 0 unspecified atom stereocenters. The minimum Gasteiger partial charge on any atom is -0.466 e. The van der Waals surface area contributed by atoms with Gasteiger partial charge in [-0.1, -0.05) is 29.8 Å². The van der Waals surface area contributed by atoms with E-state index in [0.717, 1.165) is 5.56 Å². The van der Waals surface area contributed by atoms with E-state index in [0.29, 0.717) is 34.6 Å². The number of nitrogens with two attached hydrogens (primary N) is 1. The smallest absolute Gasteiger partial charge is 0.310 e. The molecule has 2 aromatic heterocycles. The normalized spacial score (nSPS) is 10.3. The minimum atomic E-state index is -0.620. The third-order valence-electron chi connectivity index (χ3n) is 4.05. The fourth-order valence-electron chi connectivity index (χ4n) is 2.64. The van der Waals surface area contributed by atoms with Gasteiger partial charge in [0.15, 0.2) is 0 Å². The van der Waals surface area contributed by atoms with Crippen molar-refractivity contribution in [2.75, 3.05) is 17.2 Å². The number of benzene rings is 1. The van der Waals surface area contributed by atoms with Gasteiger partial charge >= 0.3 is 5.97 Å². The zero-order valence-electron chi connectivity index (χ0n) is 16.2. The van der Waals surface area contributed by atoms with Crippen LogP contribution in [0.4, 0.5) is 23.0 Å². The SMILES string of the molecule is CCOC(=O)Cc1ccc(Nc2cc(Nc3ccccc3Cl)c(C(N)=O)cn2)nc1. The number of hydrogen-bond acceptors (Lipinski definition) is 7. The predicted octanol–water partition coefficient (Wildman–Crippen LogP) is 3.82. The Morgan fingerprint density at radius 1 is 1.03 bits per heavy atom. The number of aromatic nitrogens is 2. The number of rotatable bonds is 8. The molecule has 3 rings (SSSR count). The molecule has 8 nitrogen and oxygen atoms in total. The van der Waals surface area contributed by atoms with Crippen LogP contribution in [0.5, 0.6) is 0 Å². The van der Waals surface area contributed by atoms with Crippen molar-refractivity contribution in [3.63, 3.8) is 0 Å². The lowest BCUT2D eigenvalue weighted by Gasteiger charge is -2.13. The van der Waals surface area contributed by atoms with Crippen LogP contribution in [0.1, 0.15) is 22.8 Å². The average molecular weight is 426 g/mol. The highest BCUT2D eigenvalue weighted by atomic mass is 35.5. The van der Waals surface area contributed by atoms with Crippen molar-refractivity contribution in [3.8, 4) is 0 Å². The fourth-order valence-corrected chi connectivity index (χ4v) is 2.83. The van der Waals surface area contributed by atoms with Crippen molar-refractivity contribution in [2.24, 2.45) is 5.73 Å². The van der Waals surface area contributed by atoms with Crippen LogP contribution in [0.2, 0.25) is 5.02 Å². The molecule has 3 aromatic rings. The number of nitrogens with zero attached hydrogens (tertiary/aromatic N) is 2.